The molecule has 1 saturated carbocycles. The first-order valence-corrected chi connectivity index (χ1v) is 8.25. The molecule has 2 aromatic carbocycles. The van der Waals surface area contributed by atoms with Crippen LogP contribution in [0.25, 0.3) is 0 Å². The summed E-state index contributed by atoms with van der Waals surface area (Å²) in [5.41, 5.74) is 2.15. The summed E-state index contributed by atoms with van der Waals surface area (Å²) < 4.78 is 5.55. The molecule has 3 heteroatoms. The molecule has 0 N–H and O–H groups in total. The molecule has 1 unspecified atom stereocenters. The Kier molecular flexibility index (Phi) is 4.96. The average Bonchev–Trinajstić information content (AvgIpc) is 3.44. The number of ether oxygens (including phenoxy) is 1. The summed E-state index contributed by atoms with van der Waals surface area (Å²) >= 11 is 0. The second-order valence-electron chi connectivity index (χ2n) is 6.23. The van der Waals surface area contributed by atoms with E-state index in [1.807, 2.05) is 53.4 Å². The largest absolute Gasteiger partial charge is 0.445 e. The van der Waals surface area contributed by atoms with E-state index in [0.29, 0.717) is 19.1 Å². The molecule has 1 aliphatic rings. The van der Waals surface area contributed by atoms with Crippen LogP contribution in [-0.2, 0) is 17.9 Å². The predicted molar refractivity (Wildman–Crippen MR) is 90.8 cm³/mol. The number of nitrogens with zero attached hydrogens (tertiary/aromatic N) is 1. The van der Waals surface area contributed by atoms with Crippen molar-refractivity contribution in [3.05, 3.63) is 71.8 Å². The summed E-state index contributed by atoms with van der Waals surface area (Å²) in [6.07, 6.45) is 2.19. The van der Waals surface area contributed by atoms with E-state index in [9.17, 15) is 4.79 Å². The average molecular weight is 309 g/mol. The third-order valence-corrected chi connectivity index (χ3v) is 4.43. The molecule has 23 heavy (non-hydrogen) atoms. The van der Waals surface area contributed by atoms with E-state index in [4.69, 9.17) is 4.74 Å². The van der Waals surface area contributed by atoms with Crippen molar-refractivity contribution in [2.45, 2.75) is 39.0 Å². The maximum Gasteiger partial charge on any atom is 0.410 e. The van der Waals surface area contributed by atoms with Gasteiger partial charge in [-0.05, 0) is 36.8 Å². The Morgan fingerprint density at radius 3 is 2.17 bits per heavy atom. The van der Waals surface area contributed by atoms with Crippen molar-refractivity contribution in [2.24, 2.45) is 5.92 Å². The number of rotatable bonds is 6. The van der Waals surface area contributed by atoms with Crippen molar-refractivity contribution < 1.29 is 9.53 Å². The van der Waals surface area contributed by atoms with Crippen LogP contribution in [0.15, 0.2) is 60.7 Å². The molecule has 0 spiro atoms. The molecule has 0 aliphatic heterocycles. The fourth-order valence-corrected chi connectivity index (χ4v) is 2.79. The van der Waals surface area contributed by atoms with Gasteiger partial charge in [0, 0.05) is 12.6 Å². The second-order valence-corrected chi connectivity index (χ2v) is 6.23. The number of carbonyl (C=O) groups excluding carboxylic acids is 1. The smallest absolute Gasteiger partial charge is 0.410 e. The van der Waals surface area contributed by atoms with Crippen LogP contribution < -0.4 is 0 Å². The first-order chi connectivity index (χ1) is 11.2. The quantitative estimate of drug-likeness (QED) is 0.779. The molecule has 1 fully saturated rings. The van der Waals surface area contributed by atoms with Crippen molar-refractivity contribution in [1.82, 2.24) is 4.90 Å². The fourth-order valence-electron chi connectivity index (χ4n) is 2.79. The van der Waals surface area contributed by atoms with Crippen LogP contribution in [0.4, 0.5) is 4.79 Å². The third-order valence-electron chi connectivity index (χ3n) is 4.43. The van der Waals surface area contributed by atoms with E-state index >= 15 is 0 Å². The maximum absolute atomic E-state index is 12.6. The molecule has 0 aromatic heterocycles. The van der Waals surface area contributed by atoms with Crippen LogP contribution in [-0.4, -0.2) is 17.0 Å². The van der Waals surface area contributed by atoms with E-state index in [1.165, 1.54) is 12.8 Å². The minimum Gasteiger partial charge on any atom is -0.445 e. The Hall–Kier alpha value is -2.29. The number of amides is 1. The Bertz CT molecular complexity index is 623. The lowest BCUT2D eigenvalue weighted by molar-refractivity contribution is 0.0759. The molecule has 0 radical (unpaired) electrons. The summed E-state index contributed by atoms with van der Waals surface area (Å²) in [6.45, 7) is 3.05. The summed E-state index contributed by atoms with van der Waals surface area (Å²) in [6, 6.07) is 20.1. The molecule has 120 valence electrons. The van der Waals surface area contributed by atoms with Gasteiger partial charge in [0.2, 0.25) is 0 Å². The van der Waals surface area contributed by atoms with Gasteiger partial charge in [0.25, 0.3) is 0 Å². The zero-order valence-electron chi connectivity index (χ0n) is 13.5. The minimum atomic E-state index is -0.225. The fraction of sp³-hybridized carbons (Fsp3) is 0.350. The van der Waals surface area contributed by atoms with Gasteiger partial charge in [0.15, 0.2) is 0 Å². The van der Waals surface area contributed by atoms with Gasteiger partial charge in [-0.3, -0.25) is 0 Å². The number of hydrogen-bond acceptors (Lipinski definition) is 2. The van der Waals surface area contributed by atoms with Gasteiger partial charge in [-0.25, -0.2) is 4.79 Å². The number of hydrogen-bond donors (Lipinski definition) is 0. The van der Waals surface area contributed by atoms with Crippen molar-refractivity contribution >= 4 is 6.09 Å². The molecule has 1 amide bonds. The molecule has 0 saturated heterocycles. The summed E-state index contributed by atoms with van der Waals surface area (Å²) in [7, 11) is 0. The Morgan fingerprint density at radius 1 is 1.04 bits per heavy atom. The monoisotopic (exact) mass is 309 g/mol. The van der Waals surface area contributed by atoms with Gasteiger partial charge in [0.05, 0.1) is 0 Å². The molecule has 2 aromatic rings. The highest BCUT2D eigenvalue weighted by molar-refractivity contribution is 5.68. The molecular weight excluding hydrogens is 286 g/mol. The molecule has 1 aliphatic carbocycles. The van der Waals surface area contributed by atoms with Crippen molar-refractivity contribution in [3.63, 3.8) is 0 Å². The van der Waals surface area contributed by atoms with Gasteiger partial charge in [-0.1, -0.05) is 60.7 Å². The van der Waals surface area contributed by atoms with Gasteiger partial charge < -0.3 is 9.64 Å². The summed E-state index contributed by atoms with van der Waals surface area (Å²) in [5.74, 6) is 0.614. The van der Waals surface area contributed by atoms with E-state index in [0.717, 1.165) is 11.1 Å². The maximum atomic E-state index is 12.6. The molecule has 3 rings (SSSR count). The number of carbonyl (C=O) groups is 1. The highest BCUT2D eigenvalue weighted by Crippen LogP contribution is 2.36. The van der Waals surface area contributed by atoms with Gasteiger partial charge >= 0.3 is 6.09 Å². The van der Waals surface area contributed by atoms with Crippen LogP contribution in [0.2, 0.25) is 0 Å². The van der Waals surface area contributed by atoms with E-state index in [1.54, 1.807) is 0 Å². The molecule has 0 heterocycles. The van der Waals surface area contributed by atoms with Crippen LogP contribution in [0.1, 0.15) is 30.9 Å². The Morgan fingerprint density at radius 2 is 1.61 bits per heavy atom. The lowest BCUT2D eigenvalue weighted by atomic mass is 10.1. The van der Waals surface area contributed by atoms with Crippen LogP contribution in [0, 0.1) is 5.92 Å². The SMILES string of the molecule is CC(C1CC1)N(Cc1ccccc1)C(=O)OCc1ccccc1. The summed E-state index contributed by atoms with van der Waals surface area (Å²) in [5, 5.41) is 0. The highest BCUT2D eigenvalue weighted by atomic mass is 16.6. The normalized spacial score (nSPS) is 15.0. The van der Waals surface area contributed by atoms with Crippen molar-refractivity contribution in [3.8, 4) is 0 Å². The van der Waals surface area contributed by atoms with Gasteiger partial charge in [-0.15, -0.1) is 0 Å². The molecule has 3 nitrogen and oxygen atoms in total. The van der Waals surface area contributed by atoms with E-state index < -0.39 is 0 Å². The summed E-state index contributed by atoms with van der Waals surface area (Å²) in [4.78, 5) is 14.5. The molecule has 0 bridgehead atoms. The zero-order chi connectivity index (χ0) is 16.1. The third kappa shape index (κ3) is 4.35. The van der Waals surface area contributed by atoms with E-state index in [-0.39, 0.29) is 12.1 Å². The zero-order valence-corrected chi connectivity index (χ0v) is 13.5. The van der Waals surface area contributed by atoms with Crippen molar-refractivity contribution in [1.29, 1.82) is 0 Å². The van der Waals surface area contributed by atoms with Gasteiger partial charge in [0.1, 0.15) is 6.61 Å². The Labute approximate surface area is 137 Å². The van der Waals surface area contributed by atoms with Crippen LogP contribution in [0.3, 0.4) is 0 Å². The van der Waals surface area contributed by atoms with Crippen molar-refractivity contribution in [2.75, 3.05) is 0 Å². The first-order valence-electron chi connectivity index (χ1n) is 8.25. The molecule has 1 atom stereocenters. The van der Waals surface area contributed by atoms with Gasteiger partial charge in [-0.2, -0.15) is 0 Å². The highest BCUT2D eigenvalue weighted by Gasteiger charge is 2.35. The molecular formula is C20H23NO2. The predicted octanol–water partition coefficient (Wildman–Crippen LogP) is 4.62. The second kappa shape index (κ2) is 7.32. The number of benzene rings is 2. The lowest BCUT2D eigenvalue weighted by Crippen LogP contribution is -2.39. The minimum absolute atomic E-state index is 0.221. The first kappa shape index (κ1) is 15.6. The van der Waals surface area contributed by atoms with Crippen LogP contribution in [0.5, 0.6) is 0 Å². The van der Waals surface area contributed by atoms with E-state index in [2.05, 4.69) is 19.1 Å². The topological polar surface area (TPSA) is 29.5 Å². The Balaban J connectivity index is 1.65. The lowest BCUT2D eigenvalue weighted by Gasteiger charge is -2.28. The van der Waals surface area contributed by atoms with Crippen LogP contribution >= 0.6 is 0 Å². The standard InChI is InChI=1S/C20H23NO2/c1-16(19-12-13-19)21(14-17-8-4-2-5-9-17)20(22)23-15-18-10-6-3-7-11-18/h2-11,16,19H,12-15H2,1H3.